The van der Waals surface area contributed by atoms with Crippen LogP contribution in [0.2, 0.25) is 0 Å². The first-order valence-corrected chi connectivity index (χ1v) is 5.49. The fourth-order valence-corrected chi connectivity index (χ4v) is 1.51. The molecule has 0 spiro atoms. The number of hydrogen-bond acceptors (Lipinski definition) is 6. The SMILES string of the molecule is CCNC(C)(C)c1nc(-c2cnccn2)no1. The van der Waals surface area contributed by atoms with E-state index in [0.29, 0.717) is 17.4 Å². The van der Waals surface area contributed by atoms with Gasteiger partial charge in [0.25, 0.3) is 0 Å². The molecule has 0 atom stereocenters. The maximum absolute atomic E-state index is 5.25. The van der Waals surface area contributed by atoms with Crippen LogP contribution in [0.3, 0.4) is 0 Å². The zero-order chi connectivity index (χ0) is 12.3. The van der Waals surface area contributed by atoms with E-state index in [4.69, 9.17) is 4.52 Å². The number of nitrogens with one attached hydrogen (secondary N) is 1. The second-order valence-corrected chi connectivity index (χ2v) is 4.17. The molecule has 2 rings (SSSR count). The minimum absolute atomic E-state index is 0.345. The first kappa shape index (κ1) is 11.7. The number of aromatic nitrogens is 4. The minimum Gasteiger partial charge on any atom is -0.337 e. The zero-order valence-corrected chi connectivity index (χ0v) is 10.1. The normalized spacial score (nSPS) is 11.7. The van der Waals surface area contributed by atoms with Crippen LogP contribution in [0.5, 0.6) is 0 Å². The molecule has 0 aliphatic heterocycles. The van der Waals surface area contributed by atoms with Crippen molar-refractivity contribution >= 4 is 0 Å². The van der Waals surface area contributed by atoms with Gasteiger partial charge >= 0.3 is 0 Å². The first-order chi connectivity index (χ1) is 8.13. The maximum atomic E-state index is 5.25. The van der Waals surface area contributed by atoms with Gasteiger partial charge in [-0.15, -0.1) is 0 Å². The molecule has 2 aromatic heterocycles. The highest BCUT2D eigenvalue weighted by atomic mass is 16.5. The van der Waals surface area contributed by atoms with Gasteiger partial charge in [0.05, 0.1) is 11.7 Å². The van der Waals surface area contributed by atoms with Crippen LogP contribution in [0.25, 0.3) is 11.5 Å². The van der Waals surface area contributed by atoms with Crippen molar-refractivity contribution in [2.45, 2.75) is 26.3 Å². The number of rotatable bonds is 4. The van der Waals surface area contributed by atoms with Crippen molar-refractivity contribution < 1.29 is 4.52 Å². The molecule has 6 heteroatoms. The third-order valence-corrected chi connectivity index (χ3v) is 2.37. The second-order valence-electron chi connectivity index (χ2n) is 4.17. The van der Waals surface area contributed by atoms with Gasteiger partial charge in [-0.3, -0.25) is 4.98 Å². The van der Waals surface area contributed by atoms with Crippen LogP contribution in [0.1, 0.15) is 26.7 Å². The molecule has 0 saturated heterocycles. The van der Waals surface area contributed by atoms with E-state index in [1.165, 1.54) is 0 Å². The molecule has 0 unspecified atom stereocenters. The van der Waals surface area contributed by atoms with Gasteiger partial charge in [-0.1, -0.05) is 12.1 Å². The van der Waals surface area contributed by atoms with Gasteiger partial charge in [0.1, 0.15) is 5.69 Å². The summed E-state index contributed by atoms with van der Waals surface area (Å²) >= 11 is 0. The van der Waals surface area contributed by atoms with Crippen LogP contribution in [-0.4, -0.2) is 26.7 Å². The van der Waals surface area contributed by atoms with E-state index < -0.39 is 0 Å². The minimum atomic E-state index is -0.345. The molecule has 0 amide bonds. The molecule has 2 heterocycles. The molecule has 0 saturated carbocycles. The Morgan fingerprint density at radius 1 is 1.35 bits per heavy atom. The quantitative estimate of drug-likeness (QED) is 0.859. The molecule has 90 valence electrons. The molecule has 0 bridgehead atoms. The number of nitrogens with zero attached hydrogens (tertiary/aromatic N) is 4. The van der Waals surface area contributed by atoms with Crippen molar-refractivity contribution in [2.24, 2.45) is 0 Å². The molecular weight excluding hydrogens is 218 g/mol. The average molecular weight is 233 g/mol. The van der Waals surface area contributed by atoms with Crippen LogP contribution in [0.4, 0.5) is 0 Å². The summed E-state index contributed by atoms with van der Waals surface area (Å²) in [5.74, 6) is 0.999. The fourth-order valence-electron chi connectivity index (χ4n) is 1.51. The number of hydrogen-bond donors (Lipinski definition) is 1. The van der Waals surface area contributed by atoms with E-state index >= 15 is 0 Å². The van der Waals surface area contributed by atoms with Crippen LogP contribution in [0, 0.1) is 0 Å². The molecule has 0 fully saturated rings. The topological polar surface area (TPSA) is 76.7 Å². The Kier molecular flexibility index (Phi) is 3.14. The van der Waals surface area contributed by atoms with Crippen molar-refractivity contribution in [1.82, 2.24) is 25.4 Å². The van der Waals surface area contributed by atoms with E-state index in [1.807, 2.05) is 20.8 Å². The Bertz CT molecular complexity index is 480. The summed E-state index contributed by atoms with van der Waals surface area (Å²) in [6.07, 6.45) is 4.81. The van der Waals surface area contributed by atoms with Crippen LogP contribution < -0.4 is 5.32 Å². The molecule has 0 aliphatic rings. The summed E-state index contributed by atoms with van der Waals surface area (Å²) in [5.41, 5.74) is 0.261. The van der Waals surface area contributed by atoms with Gasteiger partial charge in [-0.25, -0.2) is 4.98 Å². The van der Waals surface area contributed by atoms with Gasteiger partial charge in [-0.05, 0) is 20.4 Å². The largest absolute Gasteiger partial charge is 0.337 e. The highest BCUT2D eigenvalue weighted by Crippen LogP contribution is 2.20. The summed E-state index contributed by atoms with van der Waals surface area (Å²) in [4.78, 5) is 12.4. The third kappa shape index (κ3) is 2.47. The Hall–Kier alpha value is -1.82. The summed E-state index contributed by atoms with van der Waals surface area (Å²) in [5, 5.41) is 7.18. The van der Waals surface area contributed by atoms with Crippen LogP contribution in [0.15, 0.2) is 23.1 Å². The summed E-state index contributed by atoms with van der Waals surface area (Å²) in [6, 6.07) is 0. The Morgan fingerprint density at radius 3 is 2.82 bits per heavy atom. The predicted molar refractivity (Wildman–Crippen MR) is 62.0 cm³/mol. The van der Waals surface area contributed by atoms with E-state index in [2.05, 4.69) is 25.4 Å². The molecule has 17 heavy (non-hydrogen) atoms. The maximum Gasteiger partial charge on any atom is 0.246 e. The standard InChI is InChI=1S/C11H15N5O/c1-4-14-11(2,3)10-15-9(16-17-10)8-7-12-5-6-13-8/h5-7,14H,4H2,1-3H3. The Balaban J connectivity index is 2.28. The third-order valence-electron chi connectivity index (χ3n) is 2.37. The average Bonchev–Trinajstić information content (AvgIpc) is 2.80. The highest BCUT2D eigenvalue weighted by Gasteiger charge is 2.26. The highest BCUT2D eigenvalue weighted by molar-refractivity contribution is 5.45. The van der Waals surface area contributed by atoms with E-state index in [-0.39, 0.29) is 5.54 Å². The zero-order valence-electron chi connectivity index (χ0n) is 10.1. The van der Waals surface area contributed by atoms with Gasteiger partial charge in [0.15, 0.2) is 0 Å². The van der Waals surface area contributed by atoms with Gasteiger partial charge in [0, 0.05) is 12.4 Å². The predicted octanol–water partition coefficient (Wildman–Crippen LogP) is 1.37. The molecular formula is C11H15N5O. The van der Waals surface area contributed by atoms with Crippen LogP contribution in [-0.2, 0) is 5.54 Å². The van der Waals surface area contributed by atoms with E-state index in [9.17, 15) is 0 Å². The second kappa shape index (κ2) is 4.58. The van der Waals surface area contributed by atoms with E-state index in [1.54, 1.807) is 18.6 Å². The lowest BCUT2D eigenvalue weighted by Crippen LogP contribution is -2.36. The summed E-state index contributed by atoms with van der Waals surface area (Å²) in [7, 11) is 0. The Morgan fingerprint density at radius 2 is 2.18 bits per heavy atom. The van der Waals surface area contributed by atoms with Crippen molar-refractivity contribution in [3.63, 3.8) is 0 Å². The lowest BCUT2D eigenvalue weighted by atomic mass is 10.1. The first-order valence-electron chi connectivity index (χ1n) is 5.49. The molecule has 0 aliphatic carbocycles. The molecule has 6 nitrogen and oxygen atoms in total. The molecule has 1 N–H and O–H groups in total. The molecule has 0 aromatic carbocycles. The lowest BCUT2D eigenvalue weighted by Gasteiger charge is -2.20. The monoisotopic (exact) mass is 233 g/mol. The van der Waals surface area contributed by atoms with E-state index in [0.717, 1.165) is 6.54 Å². The van der Waals surface area contributed by atoms with Crippen molar-refractivity contribution in [3.05, 3.63) is 24.5 Å². The molecule has 2 aromatic rings. The van der Waals surface area contributed by atoms with Gasteiger partial charge in [0.2, 0.25) is 11.7 Å². The van der Waals surface area contributed by atoms with Gasteiger partial charge < -0.3 is 9.84 Å². The van der Waals surface area contributed by atoms with Crippen molar-refractivity contribution in [3.8, 4) is 11.5 Å². The molecule has 0 radical (unpaired) electrons. The fraction of sp³-hybridized carbons (Fsp3) is 0.455. The van der Waals surface area contributed by atoms with Crippen molar-refractivity contribution in [2.75, 3.05) is 6.54 Å². The lowest BCUT2D eigenvalue weighted by molar-refractivity contribution is 0.272. The van der Waals surface area contributed by atoms with Crippen molar-refractivity contribution in [1.29, 1.82) is 0 Å². The summed E-state index contributed by atoms with van der Waals surface area (Å²) < 4.78 is 5.25. The van der Waals surface area contributed by atoms with Crippen LogP contribution >= 0.6 is 0 Å². The van der Waals surface area contributed by atoms with Gasteiger partial charge in [-0.2, -0.15) is 4.98 Å². The smallest absolute Gasteiger partial charge is 0.246 e. The Labute approximate surface area is 99.5 Å². The summed E-state index contributed by atoms with van der Waals surface area (Å²) in [6.45, 7) is 6.84.